The summed E-state index contributed by atoms with van der Waals surface area (Å²) in [6, 6.07) is 14.5. The number of hydrogen-bond acceptors (Lipinski definition) is 6. The minimum Gasteiger partial charge on any atom is -0.354 e. The number of benzene rings is 2. The molecule has 8 heteroatoms. The highest BCUT2D eigenvalue weighted by molar-refractivity contribution is 6.27. The van der Waals surface area contributed by atoms with E-state index in [1.165, 1.54) is 5.39 Å². The SMILES string of the molecule is CC(C)Cc1nc(N2CCCN(C(=O)CCl)CC2)c2c(-c3ccc4ccccc4c3)noc2n1. The van der Waals surface area contributed by atoms with E-state index < -0.39 is 0 Å². The Kier molecular flexibility index (Phi) is 6.37. The van der Waals surface area contributed by atoms with Crippen molar-refractivity contribution < 1.29 is 9.32 Å². The summed E-state index contributed by atoms with van der Waals surface area (Å²) in [5, 5.41) is 7.57. The van der Waals surface area contributed by atoms with Gasteiger partial charge in [-0.15, -0.1) is 11.6 Å². The molecule has 176 valence electrons. The molecule has 5 rings (SSSR count). The van der Waals surface area contributed by atoms with E-state index in [1.807, 2.05) is 17.0 Å². The number of nitrogens with zero attached hydrogens (tertiary/aromatic N) is 5. The lowest BCUT2D eigenvalue weighted by Gasteiger charge is -2.23. The van der Waals surface area contributed by atoms with Crippen LogP contribution in [0, 0.1) is 5.92 Å². The van der Waals surface area contributed by atoms with Gasteiger partial charge >= 0.3 is 0 Å². The van der Waals surface area contributed by atoms with E-state index in [4.69, 9.17) is 26.1 Å². The van der Waals surface area contributed by atoms with E-state index in [9.17, 15) is 4.79 Å². The van der Waals surface area contributed by atoms with E-state index in [0.29, 0.717) is 31.3 Å². The molecule has 0 N–H and O–H groups in total. The Morgan fingerprint density at radius 3 is 2.68 bits per heavy atom. The second-order valence-corrected chi connectivity index (χ2v) is 9.46. The molecule has 1 amide bonds. The molecule has 2 aromatic carbocycles. The zero-order chi connectivity index (χ0) is 23.7. The first kappa shape index (κ1) is 22.6. The fourth-order valence-corrected chi connectivity index (χ4v) is 4.73. The number of hydrogen-bond donors (Lipinski definition) is 0. The minimum atomic E-state index is -0.0290. The summed E-state index contributed by atoms with van der Waals surface area (Å²) in [6.07, 6.45) is 1.59. The summed E-state index contributed by atoms with van der Waals surface area (Å²) in [5.74, 6) is 1.96. The average molecular weight is 478 g/mol. The van der Waals surface area contributed by atoms with Crippen LogP contribution in [0.2, 0.25) is 0 Å². The fraction of sp³-hybridized carbons (Fsp3) is 0.385. The molecule has 3 heterocycles. The van der Waals surface area contributed by atoms with Gasteiger partial charge < -0.3 is 14.3 Å². The van der Waals surface area contributed by atoms with Gasteiger partial charge in [-0.2, -0.15) is 4.98 Å². The van der Waals surface area contributed by atoms with Crippen molar-refractivity contribution in [3.63, 3.8) is 0 Å². The Morgan fingerprint density at radius 2 is 1.88 bits per heavy atom. The summed E-state index contributed by atoms with van der Waals surface area (Å²) in [4.78, 5) is 26.0. The molecule has 4 aromatic rings. The summed E-state index contributed by atoms with van der Waals surface area (Å²) >= 11 is 5.81. The van der Waals surface area contributed by atoms with Crippen LogP contribution in [0.3, 0.4) is 0 Å². The first-order chi connectivity index (χ1) is 16.5. The zero-order valence-electron chi connectivity index (χ0n) is 19.5. The van der Waals surface area contributed by atoms with Crippen LogP contribution < -0.4 is 4.90 Å². The summed E-state index contributed by atoms with van der Waals surface area (Å²) in [5.41, 5.74) is 2.21. The van der Waals surface area contributed by atoms with Crippen molar-refractivity contribution in [3.05, 3.63) is 48.3 Å². The van der Waals surface area contributed by atoms with Gasteiger partial charge in [-0.3, -0.25) is 4.79 Å². The standard InChI is InChI=1S/C26H28ClN5O2/c1-17(2)14-21-28-25(32-11-5-10-31(12-13-32)22(33)16-27)23-24(30-34-26(23)29-21)20-9-8-18-6-3-4-7-19(18)15-20/h3-4,6-9,15,17H,5,10-14,16H2,1-2H3. The fourth-order valence-electron chi connectivity index (χ4n) is 4.56. The second-order valence-electron chi connectivity index (χ2n) is 9.19. The van der Waals surface area contributed by atoms with Gasteiger partial charge in [0.15, 0.2) is 0 Å². The first-order valence-corrected chi connectivity index (χ1v) is 12.3. The third-order valence-electron chi connectivity index (χ3n) is 6.24. The highest BCUT2D eigenvalue weighted by atomic mass is 35.5. The number of rotatable bonds is 5. The Bertz CT molecular complexity index is 1340. The molecule has 0 bridgehead atoms. The zero-order valence-corrected chi connectivity index (χ0v) is 20.3. The average Bonchev–Trinajstić information content (AvgIpc) is 3.11. The van der Waals surface area contributed by atoms with Gasteiger partial charge in [-0.25, -0.2) is 4.98 Å². The van der Waals surface area contributed by atoms with E-state index in [2.05, 4.69) is 54.2 Å². The Hall–Kier alpha value is -3.19. The summed E-state index contributed by atoms with van der Waals surface area (Å²) in [7, 11) is 0. The number of halogens is 1. The maximum atomic E-state index is 12.2. The molecule has 0 unspecified atom stereocenters. The first-order valence-electron chi connectivity index (χ1n) is 11.8. The van der Waals surface area contributed by atoms with Gasteiger partial charge in [0.05, 0.1) is 0 Å². The van der Waals surface area contributed by atoms with Crippen LogP contribution in [-0.2, 0) is 11.2 Å². The molecule has 1 fully saturated rings. The molecule has 7 nitrogen and oxygen atoms in total. The van der Waals surface area contributed by atoms with Crippen molar-refractivity contribution in [2.24, 2.45) is 5.92 Å². The Labute approximate surface area is 203 Å². The topological polar surface area (TPSA) is 75.4 Å². The highest BCUT2D eigenvalue weighted by Crippen LogP contribution is 2.35. The predicted octanol–water partition coefficient (Wildman–Crippen LogP) is 4.91. The lowest BCUT2D eigenvalue weighted by molar-refractivity contribution is -0.128. The van der Waals surface area contributed by atoms with Crippen molar-refractivity contribution >= 4 is 45.2 Å². The van der Waals surface area contributed by atoms with Gasteiger partial charge in [-0.05, 0) is 29.2 Å². The van der Waals surface area contributed by atoms with Crippen LogP contribution in [-0.4, -0.2) is 58.0 Å². The Morgan fingerprint density at radius 1 is 1.06 bits per heavy atom. The molecule has 0 saturated carbocycles. The molecule has 1 aliphatic rings. The monoisotopic (exact) mass is 477 g/mol. The maximum Gasteiger partial charge on any atom is 0.263 e. The third kappa shape index (κ3) is 4.44. The van der Waals surface area contributed by atoms with Crippen molar-refractivity contribution in [2.75, 3.05) is 37.0 Å². The van der Waals surface area contributed by atoms with Gasteiger partial charge in [0.25, 0.3) is 5.71 Å². The molecular formula is C26H28ClN5O2. The lowest BCUT2D eigenvalue weighted by atomic mass is 10.0. The molecule has 1 aliphatic heterocycles. The van der Waals surface area contributed by atoms with Crippen LogP contribution in [0.15, 0.2) is 47.0 Å². The number of amides is 1. The quantitative estimate of drug-likeness (QED) is 0.380. The van der Waals surface area contributed by atoms with Crippen molar-refractivity contribution in [1.29, 1.82) is 0 Å². The number of anilines is 1. The lowest BCUT2D eigenvalue weighted by Crippen LogP contribution is -2.36. The smallest absolute Gasteiger partial charge is 0.263 e. The van der Waals surface area contributed by atoms with Gasteiger partial charge in [0.2, 0.25) is 5.91 Å². The number of fused-ring (bicyclic) bond motifs is 2. The molecule has 0 radical (unpaired) electrons. The van der Waals surface area contributed by atoms with Gasteiger partial charge in [-0.1, -0.05) is 55.4 Å². The predicted molar refractivity (Wildman–Crippen MR) is 135 cm³/mol. The number of alkyl halides is 1. The van der Waals surface area contributed by atoms with E-state index in [1.54, 1.807) is 0 Å². The second kappa shape index (κ2) is 9.58. The molecule has 0 spiro atoms. The van der Waals surface area contributed by atoms with Gasteiger partial charge in [0.1, 0.15) is 28.6 Å². The third-order valence-corrected chi connectivity index (χ3v) is 6.47. The minimum absolute atomic E-state index is 0.00799. The summed E-state index contributed by atoms with van der Waals surface area (Å²) in [6.45, 7) is 7.04. The normalized spacial score (nSPS) is 14.8. The van der Waals surface area contributed by atoms with Crippen molar-refractivity contribution in [2.45, 2.75) is 26.7 Å². The summed E-state index contributed by atoms with van der Waals surface area (Å²) < 4.78 is 5.77. The van der Waals surface area contributed by atoms with E-state index >= 15 is 0 Å². The largest absolute Gasteiger partial charge is 0.354 e. The van der Waals surface area contributed by atoms with Crippen LogP contribution in [0.1, 0.15) is 26.1 Å². The van der Waals surface area contributed by atoms with E-state index in [0.717, 1.165) is 53.1 Å². The molecule has 34 heavy (non-hydrogen) atoms. The molecule has 1 saturated heterocycles. The Balaban J connectivity index is 1.61. The van der Waals surface area contributed by atoms with Gasteiger partial charge in [0, 0.05) is 38.2 Å². The molecule has 0 atom stereocenters. The number of carbonyl (C=O) groups excluding carboxylic acids is 1. The van der Waals surface area contributed by atoms with Crippen molar-refractivity contribution in [1.82, 2.24) is 20.0 Å². The number of aromatic nitrogens is 3. The molecule has 2 aromatic heterocycles. The van der Waals surface area contributed by atoms with Crippen molar-refractivity contribution in [3.8, 4) is 11.3 Å². The highest BCUT2D eigenvalue weighted by Gasteiger charge is 2.26. The van der Waals surface area contributed by atoms with Crippen LogP contribution in [0.5, 0.6) is 0 Å². The molecular weight excluding hydrogens is 450 g/mol. The van der Waals surface area contributed by atoms with Crippen LogP contribution in [0.25, 0.3) is 33.1 Å². The molecule has 0 aliphatic carbocycles. The van der Waals surface area contributed by atoms with Crippen LogP contribution in [0.4, 0.5) is 5.82 Å². The maximum absolute atomic E-state index is 12.2. The van der Waals surface area contributed by atoms with Crippen LogP contribution >= 0.6 is 11.6 Å². The number of carbonyl (C=O) groups is 1. The van der Waals surface area contributed by atoms with E-state index in [-0.39, 0.29) is 11.8 Å².